The number of aliphatic imine (C=N–C) groups is 1. The van der Waals surface area contributed by atoms with E-state index < -0.39 is 0 Å². The standard InChI is InChI=1S/C12H17NO/c14-8-13-7-12-5-4-9(6-12)10-2-1-3-11(10)12/h9-11H,1-7H2. The highest BCUT2D eigenvalue weighted by Gasteiger charge is 2.58. The van der Waals surface area contributed by atoms with E-state index in [2.05, 4.69) is 4.99 Å². The first-order chi connectivity index (χ1) is 6.86. The van der Waals surface area contributed by atoms with E-state index in [4.69, 9.17) is 0 Å². The number of fused-ring (bicyclic) bond motifs is 5. The van der Waals surface area contributed by atoms with Crippen molar-refractivity contribution in [3.8, 4) is 0 Å². The van der Waals surface area contributed by atoms with Gasteiger partial charge < -0.3 is 0 Å². The molecule has 2 heteroatoms. The molecule has 14 heavy (non-hydrogen) atoms. The van der Waals surface area contributed by atoms with Crippen molar-refractivity contribution in [1.29, 1.82) is 0 Å². The number of nitrogens with zero attached hydrogens (tertiary/aromatic N) is 1. The summed E-state index contributed by atoms with van der Waals surface area (Å²) < 4.78 is 0. The second-order valence-electron chi connectivity index (χ2n) is 5.47. The molecule has 0 heterocycles. The third kappa shape index (κ3) is 0.980. The third-order valence-electron chi connectivity index (χ3n) is 5.10. The fraction of sp³-hybridized carbons (Fsp3) is 0.917. The molecule has 0 aromatic carbocycles. The number of rotatable bonds is 2. The molecular weight excluding hydrogens is 174 g/mol. The first kappa shape index (κ1) is 8.67. The molecule has 0 N–H and O–H groups in total. The van der Waals surface area contributed by atoms with Crippen molar-refractivity contribution in [3.63, 3.8) is 0 Å². The predicted molar refractivity (Wildman–Crippen MR) is 53.6 cm³/mol. The quantitative estimate of drug-likeness (QED) is 0.487. The van der Waals surface area contributed by atoms with E-state index in [1.165, 1.54) is 38.5 Å². The second-order valence-corrected chi connectivity index (χ2v) is 5.47. The Morgan fingerprint density at radius 2 is 2.29 bits per heavy atom. The van der Waals surface area contributed by atoms with Crippen LogP contribution in [0.4, 0.5) is 0 Å². The Morgan fingerprint density at radius 3 is 3.14 bits per heavy atom. The van der Waals surface area contributed by atoms with Crippen LogP contribution < -0.4 is 0 Å². The van der Waals surface area contributed by atoms with Crippen molar-refractivity contribution < 1.29 is 4.79 Å². The molecular formula is C12H17NO. The van der Waals surface area contributed by atoms with Gasteiger partial charge in [-0.2, -0.15) is 0 Å². The van der Waals surface area contributed by atoms with Gasteiger partial charge >= 0.3 is 0 Å². The summed E-state index contributed by atoms with van der Waals surface area (Å²) in [6, 6.07) is 0. The minimum atomic E-state index is 0.434. The van der Waals surface area contributed by atoms with E-state index in [0.717, 1.165) is 24.3 Å². The van der Waals surface area contributed by atoms with Crippen LogP contribution in [0, 0.1) is 23.2 Å². The molecule has 4 atom stereocenters. The van der Waals surface area contributed by atoms with Crippen molar-refractivity contribution in [2.45, 2.75) is 38.5 Å². The van der Waals surface area contributed by atoms with Gasteiger partial charge in [0.05, 0.1) is 6.54 Å². The van der Waals surface area contributed by atoms with Gasteiger partial charge in [0, 0.05) is 0 Å². The smallest absolute Gasteiger partial charge is 0.211 e. The average molecular weight is 191 g/mol. The molecule has 4 unspecified atom stereocenters. The van der Waals surface area contributed by atoms with Gasteiger partial charge in [-0.15, -0.1) is 0 Å². The molecule has 0 radical (unpaired) electrons. The molecule has 3 saturated carbocycles. The maximum atomic E-state index is 10.2. The molecule has 3 rings (SSSR count). The largest absolute Gasteiger partial charge is 0.234 e. The number of hydrogen-bond acceptors (Lipinski definition) is 2. The van der Waals surface area contributed by atoms with Gasteiger partial charge in [-0.05, 0) is 55.3 Å². The van der Waals surface area contributed by atoms with Crippen LogP contribution in [0.25, 0.3) is 0 Å². The van der Waals surface area contributed by atoms with Crippen molar-refractivity contribution in [1.82, 2.24) is 0 Å². The Bertz CT molecular complexity index is 295. The fourth-order valence-electron chi connectivity index (χ4n) is 4.67. The van der Waals surface area contributed by atoms with Crippen LogP contribution in [0.15, 0.2) is 4.99 Å². The van der Waals surface area contributed by atoms with Gasteiger partial charge in [-0.3, -0.25) is 0 Å². The van der Waals surface area contributed by atoms with Crippen molar-refractivity contribution >= 4 is 6.08 Å². The van der Waals surface area contributed by atoms with Gasteiger partial charge in [-0.1, -0.05) is 6.42 Å². The zero-order valence-electron chi connectivity index (χ0n) is 8.54. The molecule has 2 nitrogen and oxygen atoms in total. The minimum absolute atomic E-state index is 0.434. The molecule has 0 saturated heterocycles. The van der Waals surface area contributed by atoms with E-state index in [-0.39, 0.29) is 0 Å². The normalized spacial score (nSPS) is 49.0. The molecule has 3 fully saturated rings. The SMILES string of the molecule is O=C=NCC12CCC(C1)C1CCCC12. The molecule has 76 valence electrons. The number of hydrogen-bond donors (Lipinski definition) is 0. The van der Waals surface area contributed by atoms with Gasteiger partial charge in [0.1, 0.15) is 0 Å². The van der Waals surface area contributed by atoms with Gasteiger partial charge in [-0.25, -0.2) is 9.79 Å². The second kappa shape index (κ2) is 2.93. The van der Waals surface area contributed by atoms with E-state index in [9.17, 15) is 4.79 Å². The molecule has 2 bridgehead atoms. The van der Waals surface area contributed by atoms with Crippen LogP contribution in [-0.2, 0) is 4.79 Å². The maximum Gasteiger partial charge on any atom is 0.234 e. The summed E-state index contributed by atoms with van der Waals surface area (Å²) in [6.07, 6.45) is 10.1. The molecule has 0 aliphatic heterocycles. The lowest BCUT2D eigenvalue weighted by Crippen LogP contribution is -2.30. The summed E-state index contributed by atoms with van der Waals surface area (Å²) in [7, 11) is 0. The lowest BCUT2D eigenvalue weighted by molar-refractivity contribution is 0.162. The summed E-state index contributed by atoms with van der Waals surface area (Å²) in [5.74, 6) is 2.87. The molecule has 0 aromatic rings. The highest BCUT2D eigenvalue weighted by Crippen LogP contribution is 2.65. The Kier molecular flexibility index (Phi) is 1.82. The van der Waals surface area contributed by atoms with E-state index in [0.29, 0.717) is 5.41 Å². The summed E-state index contributed by atoms with van der Waals surface area (Å²) >= 11 is 0. The number of isocyanates is 1. The van der Waals surface area contributed by atoms with Crippen LogP contribution in [0.3, 0.4) is 0 Å². The average Bonchev–Trinajstić information content (AvgIpc) is 2.86. The van der Waals surface area contributed by atoms with Crippen LogP contribution in [0.5, 0.6) is 0 Å². The number of carbonyl (C=O) groups excluding carboxylic acids is 1. The zero-order valence-corrected chi connectivity index (χ0v) is 8.54. The Labute approximate surface area is 84.8 Å². The first-order valence-electron chi connectivity index (χ1n) is 5.89. The fourth-order valence-corrected chi connectivity index (χ4v) is 4.67. The van der Waals surface area contributed by atoms with Crippen LogP contribution in [0.1, 0.15) is 38.5 Å². The Hall–Kier alpha value is -0.620. The molecule has 0 aromatic heterocycles. The molecule has 0 amide bonds. The predicted octanol–water partition coefficient (Wildman–Crippen LogP) is 2.54. The van der Waals surface area contributed by atoms with Crippen molar-refractivity contribution in [3.05, 3.63) is 0 Å². The Morgan fingerprint density at radius 1 is 1.36 bits per heavy atom. The first-order valence-corrected chi connectivity index (χ1v) is 5.89. The van der Waals surface area contributed by atoms with Crippen LogP contribution in [-0.4, -0.2) is 12.6 Å². The van der Waals surface area contributed by atoms with Crippen LogP contribution >= 0.6 is 0 Å². The van der Waals surface area contributed by atoms with Gasteiger partial charge in [0.25, 0.3) is 0 Å². The minimum Gasteiger partial charge on any atom is -0.211 e. The monoisotopic (exact) mass is 191 g/mol. The highest BCUT2D eigenvalue weighted by molar-refractivity contribution is 5.33. The molecule has 0 spiro atoms. The van der Waals surface area contributed by atoms with Gasteiger partial charge in [0.2, 0.25) is 6.08 Å². The molecule has 3 aliphatic rings. The van der Waals surface area contributed by atoms with Gasteiger partial charge in [0.15, 0.2) is 0 Å². The Balaban J connectivity index is 1.87. The third-order valence-corrected chi connectivity index (χ3v) is 5.10. The van der Waals surface area contributed by atoms with E-state index in [1.54, 1.807) is 6.08 Å². The lowest BCUT2D eigenvalue weighted by Gasteiger charge is -2.34. The van der Waals surface area contributed by atoms with E-state index in [1.807, 2.05) is 0 Å². The lowest BCUT2D eigenvalue weighted by atomic mass is 9.72. The van der Waals surface area contributed by atoms with Crippen molar-refractivity contribution in [2.24, 2.45) is 28.2 Å². The summed E-state index contributed by atoms with van der Waals surface area (Å²) in [6.45, 7) is 0.772. The topological polar surface area (TPSA) is 29.4 Å². The summed E-state index contributed by atoms with van der Waals surface area (Å²) in [5.41, 5.74) is 0.434. The van der Waals surface area contributed by atoms with Crippen LogP contribution in [0.2, 0.25) is 0 Å². The zero-order chi connectivity index (χ0) is 9.60. The summed E-state index contributed by atoms with van der Waals surface area (Å²) in [4.78, 5) is 14.1. The highest BCUT2D eigenvalue weighted by atomic mass is 16.1. The van der Waals surface area contributed by atoms with Crippen molar-refractivity contribution in [2.75, 3.05) is 6.54 Å². The maximum absolute atomic E-state index is 10.2. The molecule has 3 aliphatic carbocycles. The van der Waals surface area contributed by atoms with E-state index >= 15 is 0 Å². The summed E-state index contributed by atoms with van der Waals surface area (Å²) in [5, 5.41) is 0.